The molecule has 0 heterocycles. The van der Waals surface area contributed by atoms with Gasteiger partial charge in [0.2, 0.25) is 5.91 Å². The number of hydrogen-bond donors (Lipinski definition) is 2. The maximum absolute atomic E-state index is 14.2. The summed E-state index contributed by atoms with van der Waals surface area (Å²) in [6.45, 7) is 13.5. The van der Waals surface area contributed by atoms with E-state index in [1.165, 1.54) is 0 Å². The van der Waals surface area contributed by atoms with Crippen molar-refractivity contribution in [2.45, 2.75) is 79.0 Å². The lowest BCUT2D eigenvalue weighted by molar-refractivity contribution is -0.140. The number of thioether (sulfide) groups is 1. The minimum Gasteiger partial charge on any atom is -0.444 e. The number of benzene rings is 2. The molecular weight excluding hydrogens is 498 g/mol. The smallest absolute Gasteiger partial charge is 0.408 e. The molecule has 3 amide bonds. The molecule has 0 saturated heterocycles. The molecule has 8 heteroatoms. The Morgan fingerprint density at radius 2 is 1.58 bits per heavy atom. The van der Waals surface area contributed by atoms with E-state index < -0.39 is 23.8 Å². The lowest BCUT2D eigenvalue weighted by atomic mass is 9.93. The molecule has 2 unspecified atom stereocenters. The number of carbonyl (C=O) groups is 3. The van der Waals surface area contributed by atoms with Gasteiger partial charge in [0.25, 0.3) is 5.91 Å². The average molecular weight is 542 g/mol. The number of carbonyl (C=O) groups excluding carboxylic acids is 3. The first kappa shape index (κ1) is 31.2. The van der Waals surface area contributed by atoms with Crippen molar-refractivity contribution in [3.05, 3.63) is 64.7 Å². The van der Waals surface area contributed by atoms with E-state index in [0.29, 0.717) is 30.8 Å². The summed E-state index contributed by atoms with van der Waals surface area (Å²) in [6, 6.07) is 11.7. The number of ether oxygens (including phenoxy) is 1. The highest BCUT2D eigenvalue weighted by Crippen LogP contribution is 2.30. The predicted molar refractivity (Wildman–Crippen MR) is 157 cm³/mol. The van der Waals surface area contributed by atoms with E-state index in [9.17, 15) is 14.4 Å². The van der Waals surface area contributed by atoms with Crippen LogP contribution in [-0.2, 0) is 14.3 Å². The first-order chi connectivity index (χ1) is 17.9. The largest absolute Gasteiger partial charge is 0.444 e. The SMILES string of the molecule is CCCN(C(=O)C(CCSC)NC(=O)OC(C)(C)C)C(C(=O)Nc1ccccc1C)c1c(C)cccc1C. The van der Waals surface area contributed by atoms with Crippen molar-refractivity contribution >= 4 is 35.4 Å². The molecular formula is C30H43N3O4S. The zero-order valence-electron chi connectivity index (χ0n) is 24.0. The van der Waals surface area contributed by atoms with Gasteiger partial charge in [-0.3, -0.25) is 9.59 Å². The normalized spacial score (nSPS) is 12.8. The molecule has 0 bridgehead atoms. The summed E-state index contributed by atoms with van der Waals surface area (Å²) in [4.78, 5) is 42.5. The van der Waals surface area contributed by atoms with Crippen LogP contribution in [0.15, 0.2) is 42.5 Å². The lowest BCUT2D eigenvalue weighted by Crippen LogP contribution is -2.53. The molecule has 2 N–H and O–H groups in total. The highest BCUT2D eigenvalue weighted by molar-refractivity contribution is 7.98. The van der Waals surface area contributed by atoms with Crippen molar-refractivity contribution in [1.29, 1.82) is 0 Å². The number of aryl methyl sites for hydroxylation is 3. The van der Waals surface area contributed by atoms with Gasteiger partial charge in [-0.2, -0.15) is 11.8 Å². The van der Waals surface area contributed by atoms with Gasteiger partial charge in [-0.15, -0.1) is 0 Å². The Labute approximate surface area is 232 Å². The van der Waals surface area contributed by atoms with Crippen LogP contribution in [0.2, 0.25) is 0 Å². The first-order valence-corrected chi connectivity index (χ1v) is 14.5. The molecule has 7 nitrogen and oxygen atoms in total. The molecule has 0 aliphatic rings. The summed E-state index contributed by atoms with van der Waals surface area (Å²) in [7, 11) is 0. The van der Waals surface area contributed by atoms with Crippen LogP contribution in [0, 0.1) is 20.8 Å². The summed E-state index contributed by atoms with van der Waals surface area (Å²) in [5.41, 5.74) is 3.56. The second kappa shape index (κ2) is 14.2. The van der Waals surface area contributed by atoms with Crippen molar-refractivity contribution in [2.75, 3.05) is 23.9 Å². The van der Waals surface area contributed by atoms with Crippen molar-refractivity contribution in [2.24, 2.45) is 0 Å². The number of amides is 3. The van der Waals surface area contributed by atoms with Gasteiger partial charge in [0, 0.05) is 12.2 Å². The summed E-state index contributed by atoms with van der Waals surface area (Å²) in [5, 5.41) is 5.84. The number of nitrogens with zero attached hydrogens (tertiary/aromatic N) is 1. The van der Waals surface area contributed by atoms with Crippen LogP contribution in [0.25, 0.3) is 0 Å². The van der Waals surface area contributed by atoms with Crippen LogP contribution < -0.4 is 10.6 Å². The molecule has 0 aliphatic carbocycles. The Bertz CT molecular complexity index is 1090. The molecule has 2 atom stereocenters. The first-order valence-electron chi connectivity index (χ1n) is 13.1. The molecule has 0 saturated carbocycles. The maximum Gasteiger partial charge on any atom is 0.408 e. The van der Waals surface area contributed by atoms with Gasteiger partial charge in [0.15, 0.2) is 0 Å². The van der Waals surface area contributed by atoms with Crippen LogP contribution in [0.4, 0.5) is 10.5 Å². The number of rotatable bonds is 11. The molecule has 0 aromatic heterocycles. The van der Waals surface area contributed by atoms with Gasteiger partial charge < -0.3 is 20.3 Å². The van der Waals surface area contributed by atoms with E-state index in [4.69, 9.17) is 4.74 Å². The summed E-state index contributed by atoms with van der Waals surface area (Å²) in [5.74, 6) is 0.0639. The predicted octanol–water partition coefficient (Wildman–Crippen LogP) is 6.18. The standard InChI is InChI=1S/C30H43N3O4S/c1-9-18-33(28(35)24(17-19-38-8)32-29(36)37-30(5,6)7)26(25-21(3)14-12-15-22(25)4)27(34)31-23-16-11-10-13-20(23)2/h10-16,24,26H,9,17-19H2,1-8H3,(H,31,34)(H,32,36). The minimum absolute atomic E-state index is 0.292. The Hall–Kier alpha value is -3.00. The van der Waals surface area contributed by atoms with Crippen LogP contribution in [0.3, 0.4) is 0 Å². The molecule has 2 aromatic carbocycles. The second-order valence-electron chi connectivity index (χ2n) is 10.5. The highest BCUT2D eigenvalue weighted by Gasteiger charge is 2.37. The number of para-hydroxylation sites is 1. The van der Waals surface area contributed by atoms with Crippen molar-refractivity contribution in [3.63, 3.8) is 0 Å². The molecule has 38 heavy (non-hydrogen) atoms. The van der Waals surface area contributed by atoms with Crippen molar-refractivity contribution < 1.29 is 19.1 Å². The van der Waals surface area contributed by atoms with E-state index in [1.807, 2.05) is 76.4 Å². The lowest BCUT2D eigenvalue weighted by Gasteiger charge is -2.35. The van der Waals surface area contributed by atoms with Crippen LogP contribution in [-0.4, -0.2) is 53.0 Å². The molecule has 0 aliphatic heterocycles. The van der Waals surface area contributed by atoms with Crippen LogP contribution in [0.1, 0.15) is 68.8 Å². The Morgan fingerprint density at radius 3 is 2.13 bits per heavy atom. The third kappa shape index (κ3) is 8.79. The summed E-state index contributed by atoms with van der Waals surface area (Å²) in [6.07, 6.45) is 2.36. The average Bonchev–Trinajstić information content (AvgIpc) is 2.83. The van der Waals surface area contributed by atoms with Gasteiger partial charge in [0.05, 0.1) is 0 Å². The van der Waals surface area contributed by atoms with Crippen molar-refractivity contribution in [1.82, 2.24) is 10.2 Å². The number of anilines is 1. The van der Waals surface area contributed by atoms with Gasteiger partial charge in [-0.25, -0.2) is 4.79 Å². The molecule has 0 radical (unpaired) electrons. The molecule has 0 spiro atoms. The number of hydrogen-bond acceptors (Lipinski definition) is 5. The molecule has 208 valence electrons. The third-order valence-corrected chi connectivity index (χ3v) is 6.77. The fraction of sp³-hybridized carbons (Fsp3) is 0.500. The van der Waals surface area contributed by atoms with E-state index >= 15 is 0 Å². The Kier molecular flexibility index (Phi) is 11.7. The van der Waals surface area contributed by atoms with E-state index in [1.54, 1.807) is 37.4 Å². The van der Waals surface area contributed by atoms with Crippen molar-refractivity contribution in [3.8, 4) is 0 Å². The fourth-order valence-corrected chi connectivity index (χ4v) is 4.82. The second-order valence-corrected chi connectivity index (χ2v) is 11.5. The van der Waals surface area contributed by atoms with Gasteiger partial charge in [-0.1, -0.05) is 43.3 Å². The summed E-state index contributed by atoms with van der Waals surface area (Å²) < 4.78 is 5.45. The third-order valence-electron chi connectivity index (χ3n) is 6.13. The molecule has 0 fully saturated rings. The monoisotopic (exact) mass is 541 g/mol. The topological polar surface area (TPSA) is 87.7 Å². The Morgan fingerprint density at radius 1 is 0.974 bits per heavy atom. The zero-order valence-corrected chi connectivity index (χ0v) is 24.8. The van der Waals surface area contributed by atoms with Gasteiger partial charge in [0.1, 0.15) is 17.7 Å². The summed E-state index contributed by atoms with van der Waals surface area (Å²) >= 11 is 1.59. The maximum atomic E-state index is 14.2. The quantitative estimate of drug-likeness (QED) is 0.355. The minimum atomic E-state index is -0.875. The Balaban J connectivity index is 2.56. The zero-order chi connectivity index (χ0) is 28.5. The van der Waals surface area contributed by atoms with E-state index in [0.717, 1.165) is 22.3 Å². The fourth-order valence-electron chi connectivity index (χ4n) is 4.35. The number of nitrogens with one attached hydrogen (secondary N) is 2. The van der Waals surface area contributed by atoms with Gasteiger partial charge >= 0.3 is 6.09 Å². The number of alkyl carbamates (subject to hydrolysis) is 1. The van der Waals surface area contributed by atoms with Gasteiger partial charge in [-0.05, 0) is 94.7 Å². The molecule has 2 aromatic rings. The van der Waals surface area contributed by atoms with E-state index in [2.05, 4.69) is 10.6 Å². The van der Waals surface area contributed by atoms with E-state index in [-0.39, 0.29) is 11.8 Å². The van der Waals surface area contributed by atoms with Crippen LogP contribution >= 0.6 is 11.8 Å². The van der Waals surface area contributed by atoms with Crippen LogP contribution in [0.5, 0.6) is 0 Å². The molecule has 2 rings (SSSR count). The highest BCUT2D eigenvalue weighted by atomic mass is 32.2.